The van der Waals surface area contributed by atoms with Crippen LogP contribution in [0.3, 0.4) is 0 Å². The molecule has 0 amide bonds. The zero-order chi connectivity index (χ0) is 26.7. The van der Waals surface area contributed by atoms with Gasteiger partial charge in [0, 0.05) is 30.7 Å². The average Bonchev–Trinajstić information content (AvgIpc) is 3.31. The lowest BCUT2D eigenvalue weighted by atomic mass is 9.86. The van der Waals surface area contributed by atoms with E-state index in [9.17, 15) is 0 Å². The van der Waals surface area contributed by atoms with E-state index in [2.05, 4.69) is 97.8 Å². The smallest absolute Gasteiger partial charge is 0.0121 e. The van der Waals surface area contributed by atoms with Gasteiger partial charge in [-0.1, -0.05) is 41.5 Å². The monoisotopic (exact) mass is 494 g/mol. The van der Waals surface area contributed by atoms with Crippen molar-refractivity contribution < 1.29 is 0 Å². The molecule has 3 heterocycles. The molecule has 0 radical (unpaired) electrons. The Morgan fingerprint density at radius 2 is 0.971 bits per heavy atom. The van der Waals surface area contributed by atoms with Gasteiger partial charge in [0.05, 0.1) is 0 Å². The Bertz CT molecular complexity index is 473. The molecule has 2 atom stereocenters. The molecular formula is C32H67N3. The van der Waals surface area contributed by atoms with E-state index in [0.717, 1.165) is 53.8 Å². The number of rotatable bonds is 6. The molecule has 3 heteroatoms. The lowest BCUT2D eigenvalue weighted by Gasteiger charge is -2.37. The summed E-state index contributed by atoms with van der Waals surface area (Å²) in [6.07, 6.45) is 8.49. The van der Waals surface area contributed by atoms with Crippen molar-refractivity contribution in [3.8, 4) is 0 Å². The van der Waals surface area contributed by atoms with Gasteiger partial charge in [-0.05, 0) is 136 Å². The molecule has 0 bridgehead atoms. The Hall–Kier alpha value is -0.120. The molecule has 0 aromatic heterocycles. The minimum Gasteiger partial charge on any atom is -0.301 e. The van der Waals surface area contributed by atoms with Crippen molar-refractivity contribution in [2.75, 3.05) is 32.7 Å². The number of piperidine rings is 2. The van der Waals surface area contributed by atoms with E-state index in [0.29, 0.717) is 0 Å². The molecule has 3 fully saturated rings. The first-order valence-corrected chi connectivity index (χ1v) is 15.6. The van der Waals surface area contributed by atoms with Crippen molar-refractivity contribution in [3.05, 3.63) is 0 Å². The summed E-state index contributed by atoms with van der Waals surface area (Å²) in [5.74, 6) is 4.52. The molecule has 0 aromatic rings. The Balaban J connectivity index is 0.000000263. The molecule has 3 rings (SSSR count). The Morgan fingerprint density at radius 1 is 0.457 bits per heavy atom. The van der Waals surface area contributed by atoms with E-state index in [4.69, 9.17) is 0 Å². The van der Waals surface area contributed by atoms with Crippen LogP contribution in [0.1, 0.15) is 122 Å². The maximum Gasteiger partial charge on any atom is 0.0121 e. The third-order valence-electron chi connectivity index (χ3n) is 9.18. The lowest BCUT2D eigenvalue weighted by molar-refractivity contribution is 0.117. The second kappa shape index (κ2) is 16.7. The maximum atomic E-state index is 2.64. The molecule has 35 heavy (non-hydrogen) atoms. The van der Waals surface area contributed by atoms with Crippen molar-refractivity contribution in [3.63, 3.8) is 0 Å². The predicted molar refractivity (Wildman–Crippen MR) is 158 cm³/mol. The Labute approximate surface area is 222 Å². The Morgan fingerprint density at radius 3 is 1.37 bits per heavy atom. The first-order valence-electron chi connectivity index (χ1n) is 15.6. The molecule has 0 N–H and O–H groups in total. The summed E-state index contributed by atoms with van der Waals surface area (Å²) in [5, 5.41) is 0. The van der Waals surface area contributed by atoms with Gasteiger partial charge >= 0.3 is 0 Å². The molecule has 0 aromatic carbocycles. The highest BCUT2D eigenvalue weighted by molar-refractivity contribution is 4.83. The van der Waals surface area contributed by atoms with Gasteiger partial charge in [0.15, 0.2) is 0 Å². The fraction of sp³-hybridized carbons (Fsp3) is 1.00. The van der Waals surface area contributed by atoms with Crippen LogP contribution in [0.5, 0.6) is 0 Å². The van der Waals surface area contributed by atoms with Crippen LogP contribution in [0.25, 0.3) is 0 Å². The Kier molecular flexibility index (Phi) is 15.7. The van der Waals surface area contributed by atoms with Crippen LogP contribution in [0.15, 0.2) is 0 Å². The zero-order valence-corrected chi connectivity index (χ0v) is 26.3. The molecule has 0 spiro atoms. The van der Waals surface area contributed by atoms with Gasteiger partial charge in [-0.3, -0.25) is 4.90 Å². The van der Waals surface area contributed by atoms with Crippen molar-refractivity contribution in [2.45, 2.75) is 146 Å². The van der Waals surface area contributed by atoms with Crippen molar-refractivity contribution >= 4 is 0 Å². The first-order chi connectivity index (χ1) is 16.3. The second-order valence-electron chi connectivity index (χ2n) is 13.7. The summed E-state index contributed by atoms with van der Waals surface area (Å²) < 4.78 is 0. The molecule has 3 aliphatic rings. The number of nitrogens with zero attached hydrogens (tertiary/aromatic N) is 3. The molecular weight excluding hydrogens is 426 g/mol. The van der Waals surface area contributed by atoms with Gasteiger partial charge in [0.25, 0.3) is 0 Å². The molecule has 2 unspecified atom stereocenters. The molecule has 0 aliphatic carbocycles. The van der Waals surface area contributed by atoms with Gasteiger partial charge in [-0.25, -0.2) is 0 Å². The summed E-state index contributed by atoms with van der Waals surface area (Å²) in [6, 6.07) is 3.09. The quantitative estimate of drug-likeness (QED) is 0.370. The summed E-state index contributed by atoms with van der Waals surface area (Å²) in [7, 11) is 0. The van der Waals surface area contributed by atoms with Crippen LogP contribution in [0.2, 0.25) is 0 Å². The van der Waals surface area contributed by atoms with E-state index in [1.165, 1.54) is 71.2 Å². The summed E-state index contributed by atoms with van der Waals surface area (Å²) in [4.78, 5) is 7.86. The SMILES string of the molecule is CC(C)C1CCCN(C(C)C)C1.CC(C)C1CCCN1C(C)C.CC(C)C1CCN(C(C)C)CC1. The van der Waals surface area contributed by atoms with E-state index < -0.39 is 0 Å². The van der Waals surface area contributed by atoms with E-state index in [-0.39, 0.29) is 0 Å². The topological polar surface area (TPSA) is 9.72 Å². The van der Waals surface area contributed by atoms with Gasteiger partial charge in [-0.2, -0.15) is 0 Å². The highest BCUT2D eigenvalue weighted by atomic mass is 15.2. The fourth-order valence-electron chi connectivity index (χ4n) is 6.33. The minimum absolute atomic E-state index is 0.741. The van der Waals surface area contributed by atoms with Crippen molar-refractivity contribution in [2.24, 2.45) is 29.6 Å². The number of hydrogen-bond donors (Lipinski definition) is 0. The van der Waals surface area contributed by atoms with Crippen LogP contribution in [0.4, 0.5) is 0 Å². The molecule has 3 aliphatic heterocycles. The molecule has 3 saturated heterocycles. The zero-order valence-electron chi connectivity index (χ0n) is 26.3. The van der Waals surface area contributed by atoms with Crippen LogP contribution < -0.4 is 0 Å². The highest BCUT2D eigenvalue weighted by Crippen LogP contribution is 2.26. The van der Waals surface area contributed by atoms with Gasteiger partial charge in [0.2, 0.25) is 0 Å². The van der Waals surface area contributed by atoms with Crippen LogP contribution in [-0.4, -0.2) is 71.6 Å². The van der Waals surface area contributed by atoms with E-state index in [1.54, 1.807) is 0 Å². The van der Waals surface area contributed by atoms with Crippen LogP contribution >= 0.6 is 0 Å². The predicted octanol–water partition coefficient (Wildman–Crippen LogP) is 8.04. The standard InChI is InChI=1S/2C11H23N.C10H21N/c1-9(2)11-5-7-12(8-6-11)10(3)4;1-9(2)11-6-5-7-12(8-11)10(3)4;1-8(2)10-6-5-7-11(10)9(3)4/h2*9-11H,5-8H2,1-4H3;8-10H,5-7H2,1-4H3. The molecule has 3 nitrogen and oxygen atoms in total. The largest absolute Gasteiger partial charge is 0.301 e. The van der Waals surface area contributed by atoms with Crippen molar-refractivity contribution in [1.29, 1.82) is 0 Å². The first kappa shape index (κ1) is 32.9. The summed E-state index contributed by atoms with van der Waals surface area (Å²) >= 11 is 0. The maximum absolute atomic E-state index is 2.64. The second-order valence-corrected chi connectivity index (χ2v) is 13.7. The number of hydrogen-bond acceptors (Lipinski definition) is 3. The van der Waals surface area contributed by atoms with Crippen molar-refractivity contribution in [1.82, 2.24) is 14.7 Å². The third-order valence-corrected chi connectivity index (χ3v) is 9.18. The summed E-state index contributed by atoms with van der Waals surface area (Å²) in [6.45, 7) is 34.5. The van der Waals surface area contributed by atoms with E-state index in [1.807, 2.05) is 0 Å². The lowest BCUT2D eigenvalue weighted by Crippen LogP contribution is -2.41. The van der Waals surface area contributed by atoms with Gasteiger partial charge < -0.3 is 9.80 Å². The molecule has 210 valence electrons. The highest BCUT2D eigenvalue weighted by Gasteiger charge is 2.28. The van der Waals surface area contributed by atoms with Crippen LogP contribution in [-0.2, 0) is 0 Å². The normalized spacial score (nSPS) is 25.5. The fourth-order valence-corrected chi connectivity index (χ4v) is 6.33. The average molecular weight is 494 g/mol. The van der Waals surface area contributed by atoms with Gasteiger partial charge in [-0.15, -0.1) is 0 Å². The number of likely N-dealkylation sites (tertiary alicyclic amines) is 3. The molecule has 0 saturated carbocycles. The summed E-state index contributed by atoms with van der Waals surface area (Å²) in [5.41, 5.74) is 0. The van der Waals surface area contributed by atoms with Gasteiger partial charge in [0.1, 0.15) is 0 Å². The van der Waals surface area contributed by atoms with Crippen LogP contribution in [0, 0.1) is 29.6 Å². The third kappa shape index (κ3) is 11.9. The minimum atomic E-state index is 0.741. The van der Waals surface area contributed by atoms with E-state index >= 15 is 0 Å².